The fourth-order valence-electron chi connectivity index (χ4n) is 1.60. The Morgan fingerprint density at radius 3 is 2.90 bits per heavy atom. The number of hydrazine groups is 1. The number of urea groups is 1. The molecule has 0 aliphatic heterocycles. The van der Waals surface area contributed by atoms with Crippen LogP contribution in [0, 0.1) is 0 Å². The number of anilines is 1. The Morgan fingerprint density at radius 1 is 1.38 bits per heavy atom. The largest absolute Gasteiger partial charge is 0.472 e. The zero-order valence-electron chi connectivity index (χ0n) is 10.8. The summed E-state index contributed by atoms with van der Waals surface area (Å²) in [6.07, 6.45) is 1.59. The van der Waals surface area contributed by atoms with Gasteiger partial charge in [-0.1, -0.05) is 33.6 Å². The van der Waals surface area contributed by atoms with Crippen LogP contribution in [0.1, 0.15) is 5.56 Å². The van der Waals surface area contributed by atoms with Crippen molar-refractivity contribution < 1.29 is 9.53 Å². The van der Waals surface area contributed by atoms with Crippen LogP contribution in [0.25, 0.3) is 0 Å². The molecule has 0 atom stereocenters. The summed E-state index contributed by atoms with van der Waals surface area (Å²) in [5.41, 5.74) is 3.31. The molecule has 0 unspecified atom stereocenters. The van der Waals surface area contributed by atoms with Crippen molar-refractivity contribution in [2.24, 2.45) is 5.84 Å². The monoisotopic (exact) mass is 370 g/mol. The number of ether oxygens (including phenoxy) is 1. The van der Waals surface area contributed by atoms with E-state index in [-0.39, 0.29) is 6.61 Å². The minimum Gasteiger partial charge on any atom is -0.472 e. The number of nitrogens with zero attached hydrogens (tertiary/aromatic N) is 1. The molecule has 4 N–H and O–H groups in total. The molecular weight excluding hydrogens is 360 g/mol. The highest BCUT2D eigenvalue weighted by Gasteiger charge is 2.11. The van der Waals surface area contributed by atoms with Crippen LogP contribution in [0.4, 0.5) is 10.5 Å². The molecule has 0 fully saturated rings. The van der Waals surface area contributed by atoms with Crippen LogP contribution in [0.5, 0.6) is 5.88 Å². The maximum atomic E-state index is 11.3. The summed E-state index contributed by atoms with van der Waals surface area (Å²) in [6, 6.07) is 8.23. The quantitative estimate of drug-likeness (QED) is 0.438. The Balaban J connectivity index is 2.19. The maximum Gasteiger partial charge on any atom is 0.333 e. The zero-order valence-corrected chi connectivity index (χ0v) is 13.1. The Labute approximate surface area is 134 Å². The molecule has 1 heterocycles. The van der Waals surface area contributed by atoms with Gasteiger partial charge in [-0.05, 0) is 24.3 Å². The lowest BCUT2D eigenvalue weighted by Crippen LogP contribution is -2.34. The Hall–Kier alpha value is -1.83. The van der Waals surface area contributed by atoms with Crippen LogP contribution in [0.15, 0.2) is 41.0 Å². The first kappa shape index (κ1) is 15.6. The normalized spacial score (nSPS) is 10.0. The number of hydrogen-bond acceptors (Lipinski definition) is 4. The molecular formula is C13H12BrClN4O2. The molecule has 2 rings (SSSR count). The molecule has 110 valence electrons. The second kappa shape index (κ2) is 7.26. The van der Waals surface area contributed by atoms with Crippen molar-refractivity contribution in [1.29, 1.82) is 0 Å². The molecule has 2 amide bonds. The van der Waals surface area contributed by atoms with Crippen molar-refractivity contribution in [3.05, 3.63) is 51.6 Å². The number of carbonyl (C=O) groups excluding carboxylic acids is 1. The van der Waals surface area contributed by atoms with Gasteiger partial charge in [0.25, 0.3) is 0 Å². The van der Waals surface area contributed by atoms with E-state index >= 15 is 0 Å². The van der Waals surface area contributed by atoms with E-state index in [0.29, 0.717) is 16.6 Å². The van der Waals surface area contributed by atoms with E-state index in [9.17, 15) is 4.79 Å². The summed E-state index contributed by atoms with van der Waals surface area (Å²) in [6.45, 7) is 0.179. The van der Waals surface area contributed by atoms with E-state index in [4.69, 9.17) is 22.2 Å². The highest BCUT2D eigenvalue weighted by Crippen LogP contribution is 2.28. The smallest absolute Gasteiger partial charge is 0.333 e. The summed E-state index contributed by atoms with van der Waals surface area (Å²) >= 11 is 9.40. The topological polar surface area (TPSA) is 89.3 Å². The first-order valence-electron chi connectivity index (χ1n) is 5.90. The van der Waals surface area contributed by atoms with Gasteiger partial charge >= 0.3 is 6.03 Å². The van der Waals surface area contributed by atoms with Gasteiger partial charge in [0.15, 0.2) is 0 Å². The molecule has 0 saturated carbocycles. The van der Waals surface area contributed by atoms with Crippen LogP contribution < -0.4 is 21.3 Å². The second-order valence-electron chi connectivity index (χ2n) is 3.94. The van der Waals surface area contributed by atoms with Gasteiger partial charge in [-0.2, -0.15) is 0 Å². The minimum absolute atomic E-state index is 0.179. The summed E-state index contributed by atoms with van der Waals surface area (Å²) in [5.74, 6) is 5.38. The highest BCUT2D eigenvalue weighted by atomic mass is 79.9. The third-order valence-corrected chi connectivity index (χ3v) is 3.61. The van der Waals surface area contributed by atoms with E-state index in [0.717, 1.165) is 10.0 Å². The van der Waals surface area contributed by atoms with Gasteiger partial charge in [0.05, 0.1) is 5.69 Å². The number of nitrogens with one attached hydrogen (secondary N) is 2. The van der Waals surface area contributed by atoms with E-state index < -0.39 is 6.03 Å². The van der Waals surface area contributed by atoms with Crippen molar-refractivity contribution >= 4 is 39.2 Å². The van der Waals surface area contributed by atoms with Gasteiger partial charge in [-0.25, -0.2) is 15.6 Å². The Morgan fingerprint density at radius 2 is 2.19 bits per heavy atom. The van der Waals surface area contributed by atoms with E-state index in [1.807, 2.05) is 11.5 Å². The number of hydrogen-bond donors (Lipinski definition) is 3. The SMILES string of the molecule is NNC(=O)Nc1cccc(Br)c1COc1ncccc1Cl. The number of pyridine rings is 1. The lowest BCUT2D eigenvalue weighted by molar-refractivity contribution is 0.252. The van der Waals surface area contributed by atoms with E-state index in [1.165, 1.54) is 0 Å². The molecule has 0 aliphatic rings. The number of nitrogens with two attached hydrogens (primary N) is 1. The third kappa shape index (κ3) is 4.07. The van der Waals surface area contributed by atoms with Crippen LogP contribution in [0.2, 0.25) is 5.02 Å². The Kier molecular flexibility index (Phi) is 5.38. The van der Waals surface area contributed by atoms with Crippen molar-refractivity contribution in [2.75, 3.05) is 5.32 Å². The molecule has 0 saturated heterocycles. The summed E-state index contributed by atoms with van der Waals surface area (Å²) in [4.78, 5) is 15.4. The van der Waals surface area contributed by atoms with Crippen molar-refractivity contribution in [2.45, 2.75) is 6.61 Å². The number of halogens is 2. The van der Waals surface area contributed by atoms with E-state index in [1.54, 1.807) is 30.5 Å². The van der Waals surface area contributed by atoms with Crippen molar-refractivity contribution in [1.82, 2.24) is 10.4 Å². The van der Waals surface area contributed by atoms with Gasteiger partial charge in [0.1, 0.15) is 11.6 Å². The molecule has 6 nitrogen and oxygen atoms in total. The van der Waals surface area contributed by atoms with Crippen LogP contribution in [0.3, 0.4) is 0 Å². The molecule has 8 heteroatoms. The molecule has 0 aliphatic carbocycles. The predicted octanol–water partition coefficient (Wildman–Crippen LogP) is 3.07. The molecule has 1 aromatic heterocycles. The molecule has 0 spiro atoms. The summed E-state index contributed by atoms with van der Waals surface area (Å²) in [5, 5.41) is 3.03. The molecule has 21 heavy (non-hydrogen) atoms. The van der Waals surface area contributed by atoms with Crippen LogP contribution >= 0.6 is 27.5 Å². The highest BCUT2D eigenvalue weighted by molar-refractivity contribution is 9.10. The average molecular weight is 372 g/mol. The third-order valence-electron chi connectivity index (χ3n) is 2.58. The maximum absolute atomic E-state index is 11.3. The zero-order chi connectivity index (χ0) is 15.2. The second-order valence-corrected chi connectivity index (χ2v) is 5.21. The van der Waals surface area contributed by atoms with Gasteiger partial charge < -0.3 is 10.1 Å². The fourth-order valence-corrected chi connectivity index (χ4v) is 2.26. The number of aromatic nitrogens is 1. The minimum atomic E-state index is -0.523. The molecule has 0 bridgehead atoms. The van der Waals surface area contributed by atoms with Crippen LogP contribution in [-0.2, 0) is 6.61 Å². The van der Waals surface area contributed by atoms with Crippen LogP contribution in [-0.4, -0.2) is 11.0 Å². The Bertz CT molecular complexity index is 654. The van der Waals surface area contributed by atoms with Gasteiger partial charge in [-0.3, -0.25) is 5.43 Å². The lowest BCUT2D eigenvalue weighted by atomic mass is 10.2. The molecule has 0 radical (unpaired) electrons. The standard InChI is InChI=1S/C13H12BrClN4O2/c14-9-3-1-5-11(18-13(20)19-16)8(9)7-21-12-10(15)4-2-6-17-12/h1-6H,7,16H2,(H2,18,19,20). The molecule has 1 aromatic carbocycles. The van der Waals surface area contributed by atoms with Crippen molar-refractivity contribution in [3.63, 3.8) is 0 Å². The predicted molar refractivity (Wildman–Crippen MR) is 84.1 cm³/mol. The molecule has 2 aromatic rings. The fraction of sp³-hybridized carbons (Fsp3) is 0.0769. The van der Waals surface area contributed by atoms with Crippen molar-refractivity contribution in [3.8, 4) is 5.88 Å². The number of carbonyl (C=O) groups is 1. The average Bonchev–Trinajstić information content (AvgIpc) is 2.48. The number of rotatable bonds is 4. The first-order valence-corrected chi connectivity index (χ1v) is 7.07. The van der Waals surface area contributed by atoms with E-state index in [2.05, 4.69) is 26.2 Å². The first-order chi connectivity index (χ1) is 10.1. The number of benzene rings is 1. The van der Waals surface area contributed by atoms with Gasteiger partial charge in [0.2, 0.25) is 5.88 Å². The van der Waals surface area contributed by atoms with Gasteiger partial charge in [-0.15, -0.1) is 0 Å². The lowest BCUT2D eigenvalue weighted by Gasteiger charge is -2.13. The number of amides is 2. The summed E-state index contributed by atoms with van der Waals surface area (Å²) < 4.78 is 6.37. The van der Waals surface area contributed by atoms with Gasteiger partial charge in [0, 0.05) is 16.2 Å². The summed E-state index contributed by atoms with van der Waals surface area (Å²) in [7, 11) is 0.